The molecule has 0 radical (unpaired) electrons. The van der Waals surface area contributed by atoms with Crippen molar-refractivity contribution in [1.82, 2.24) is 14.8 Å². The van der Waals surface area contributed by atoms with Gasteiger partial charge in [0.1, 0.15) is 17.6 Å². The number of pyridine rings is 1. The molecule has 0 amide bonds. The number of para-hydroxylation sites is 1. The third-order valence-corrected chi connectivity index (χ3v) is 4.94. The Morgan fingerprint density at radius 2 is 2.04 bits per heavy atom. The van der Waals surface area contributed by atoms with Crippen LogP contribution in [0.15, 0.2) is 53.5 Å². The molecular weight excluding hydrogens is 378 g/mol. The van der Waals surface area contributed by atoms with E-state index >= 15 is 0 Å². The molecule has 3 heterocycles. The van der Waals surface area contributed by atoms with Crippen LogP contribution in [0.4, 0.5) is 5.82 Å². The number of aromatic nitrogens is 3. The predicted molar refractivity (Wildman–Crippen MR) is 106 cm³/mol. The maximum Gasteiger partial charge on any atom is 0.267 e. The van der Waals surface area contributed by atoms with Gasteiger partial charge >= 0.3 is 0 Å². The van der Waals surface area contributed by atoms with Crippen molar-refractivity contribution < 1.29 is 4.74 Å². The summed E-state index contributed by atoms with van der Waals surface area (Å²) in [6.45, 7) is 1.11. The Labute approximate surface area is 166 Å². The lowest BCUT2D eigenvalue weighted by Gasteiger charge is -2.40. The molecule has 28 heavy (non-hydrogen) atoms. The third kappa shape index (κ3) is 3.19. The van der Waals surface area contributed by atoms with E-state index < -0.39 is 0 Å². The summed E-state index contributed by atoms with van der Waals surface area (Å²) in [6, 6.07) is 14.3. The molecule has 2 aromatic heterocycles. The van der Waals surface area contributed by atoms with Crippen LogP contribution in [-0.4, -0.2) is 35.0 Å². The molecule has 0 atom stereocenters. The maximum atomic E-state index is 12.4. The highest BCUT2D eigenvalue weighted by molar-refractivity contribution is 6.33. The molecule has 0 saturated carbocycles. The van der Waals surface area contributed by atoms with E-state index in [0.717, 1.165) is 5.56 Å². The normalized spacial score (nSPS) is 13.7. The quantitative estimate of drug-likeness (QED) is 0.677. The zero-order valence-corrected chi connectivity index (χ0v) is 15.8. The first kappa shape index (κ1) is 18.0. The molecule has 4 rings (SSSR count). The molecule has 7 nitrogen and oxygen atoms in total. The lowest BCUT2D eigenvalue weighted by molar-refractivity contribution is 0.352. The minimum atomic E-state index is -0.165. The molecular formula is C20H16ClN5O2. The monoisotopic (exact) mass is 393 g/mol. The smallest absolute Gasteiger partial charge is 0.267 e. The lowest BCUT2D eigenvalue weighted by atomic mass is 10.1. The maximum absolute atomic E-state index is 12.4. The molecule has 1 aliphatic rings. The second kappa shape index (κ2) is 7.33. The van der Waals surface area contributed by atoms with E-state index in [1.807, 2.05) is 35.2 Å². The number of hydrogen-bond acceptors (Lipinski definition) is 6. The fourth-order valence-electron chi connectivity index (χ4n) is 3.19. The molecule has 0 N–H and O–H groups in total. The summed E-state index contributed by atoms with van der Waals surface area (Å²) in [5.41, 5.74) is 1.74. The fourth-order valence-corrected chi connectivity index (χ4v) is 3.48. The molecule has 0 unspecified atom stereocenters. The average Bonchev–Trinajstić information content (AvgIpc) is 2.69. The van der Waals surface area contributed by atoms with Crippen molar-refractivity contribution in [3.05, 3.63) is 69.6 Å². The van der Waals surface area contributed by atoms with E-state index in [-0.39, 0.29) is 11.6 Å². The standard InChI is InChI=1S/C20H16ClN5O2/c1-28-18-5-3-2-4-15(18)17-6-7-19(27)26(24-17)14-11-25(12-14)20-16(21)8-13(9-22)10-23-20/h2-8,10,14H,11-12H2,1H3. The third-order valence-electron chi connectivity index (χ3n) is 4.67. The Hall–Kier alpha value is -3.37. The molecule has 140 valence electrons. The zero-order valence-electron chi connectivity index (χ0n) is 15.0. The molecule has 0 aliphatic carbocycles. The summed E-state index contributed by atoms with van der Waals surface area (Å²) in [4.78, 5) is 18.6. The number of nitrogens with zero attached hydrogens (tertiary/aromatic N) is 5. The topological polar surface area (TPSA) is 84.0 Å². The van der Waals surface area contributed by atoms with Crippen LogP contribution in [0.2, 0.25) is 5.02 Å². The van der Waals surface area contributed by atoms with E-state index in [1.165, 1.54) is 16.9 Å². The second-order valence-electron chi connectivity index (χ2n) is 6.40. The van der Waals surface area contributed by atoms with Crippen molar-refractivity contribution in [1.29, 1.82) is 5.26 Å². The Balaban J connectivity index is 1.58. The van der Waals surface area contributed by atoms with Crippen molar-refractivity contribution in [2.24, 2.45) is 0 Å². The number of halogens is 1. The highest BCUT2D eigenvalue weighted by atomic mass is 35.5. The predicted octanol–water partition coefficient (Wildman–Crippen LogP) is 2.90. The summed E-state index contributed by atoms with van der Waals surface area (Å²) in [7, 11) is 1.60. The molecule has 0 spiro atoms. The van der Waals surface area contributed by atoms with Crippen molar-refractivity contribution >= 4 is 17.4 Å². The largest absolute Gasteiger partial charge is 0.496 e. The van der Waals surface area contributed by atoms with Gasteiger partial charge in [-0.15, -0.1) is 0 Å². The number of anilines is 1. The van der Waals surface area contributed by atoms with Crippen molar-refractivity contribution in [2.75, 3.05) is 25.1 Å². The van der Waals surface area contributed by atoms with Gasteiger partial charge in [-0.2, -0.15) is 10.4 Å². The first-order chi connectivity index (χ1) is 13.6. The van der Waals surface area contributed by atoms with Crippen LogP contribution < -0.4 is 15.2 Å². The van der Waals surface area contributed by atoms with Gasteiger partial charge in [-0.25, -0.2) is 9.67 Å². The first-order valence-electron chi connectivity index (χ1n) is 8.64. The summed E-state index contributed by atoms with van der Waals surface area (Å²) in [6.07, 6.45) is 1.49. The Kier molecular flexibility index (Phi) is 4.72. The summed E-state index contributed by atoms with van der Waals surface area (Å²) in [5, 5.41) is 13.9. The number of hydrogen-bond donors (Lipinski definition) is 0. The zero-order chi connectivity index (χ0) is 19.7. The minimum Gasteiger partial charge on any atom is -0.496 e. The van der Waals surface area contributed by atoms with Gasteiger partial charge in [-0.1, -0.05) is 23.7 Å². The Bertz CT molecular complexity index is 1130. The van der Waals surface area contributed by atoms with Crippen LogP contribution in [-0.2, 0) is 0 Å². The lowest BCUT2D eigenvalue weighted by Crippen LogP contribution is -2.51. The van der Waals surface area contributed by atoms with Crippen LogP contribution in [0, 0.1) is 11.3 Å². The SMILES string of the molecule is COc1ccccc1-c1ccc(=O)n(C2CN(c3ncc(C#N)cc3Cl)C2)n1. The van der Waals surface area contributed by atoms with E-state index in [0.29, 0.717) is 40.9 Å². The number of methoxy groups -OCH3 is 1. The number of ether oxygens (including phenoxy) is 1. The van der Waals surface area contributed by atoms with Gasteiger partial charge in [0.2, 0.25) is 0 Å². The second-order valence-corrected chi connectivity index (χ2v) is 6.81. The molecule has 1 fully saturated rings. The summed E-state index contributed by atoms with van der Waals surface area (Å²) in [5.74, 6) is 1.30. The number of benzene rings is 1. The van der Waals surface area contributed by atoms with Gasteiger partial charge in [0.25, 0.3) is 5.56 Å². The van der Waals surface area contributed by atoms with Gasteiger partial charge < -0.3 is 9.64 Å². The van der Waals surface area contributed by atoms with E-state index in [4.69, 9.17) is 21.6 Å². The molecule has 8 heteroatoms. The average molecular weight is 394 g/mol. The van der Waals surface area contributed by atoms with Crippen LogP contribution >= 0.6 is 11.6 Å². The van der Waals surface area contributed by atoms with Gasteiger partial charge in [-0.05, 0) is 24.3 Å². The van der Waals surface area contributed by atoms with Crippen LogP contribution in [0.3, 0.4) is 0 Å². The van der Waals surface area contributed by atoms with Gasteiger partial charge in [0.15, 0.2) is 0 Å². The molecule has 1 aliphatic heterocycles. The van der Waals surface area contributed by atoms with E-state index in [1.54, 1.807) is 19.2 Å². The van der Waals surface area contributed by atoms with Crippen molar-refractivity contribution in [3.8, 4) is 23.1 Å². The molecule has 0 bridgehead atoms. The summed E-state index contributed by atoms with van der Waals surface area (Å²) >= 11 is 6.23. The van der Waals surface area contributed by atoms with Crippen LogP contribution in [0.25, 0.3) is 11.3 Å². The van der Waals surface area contributed by atoms with Crippen molar-refractivity contribution in [3.63, 3.8) is 0 Å². The number of rotatable bonds is 4. The van der Waals surface area contributed by atoms with Gasteiger partial charge in [0, 0.05) is 30.9 Å². The molecule has 3 aromatic rings. The Morgan fingerprint density at radius 1 is 1.25 bits per heavy atom. The first-order valence-corrected chi connectivity index (χ1v) is 9.02. The van der Waals surface area contributed by atoms with Crippen molar-refractivity contribution in [2.45, 2.75) is 6.04 Å². The van der Waals surface area contributed by atoms with Crippen LogP contribution in [0.1, 0.15) is 11.6 Å². The number of nitriles is 1. The van der Waals surface area contributed by atoms with E-state index in [2.05, 4.69) is 10.1 Å². The van der Waals surface area contributed by atoms with Gasteiger partial charge in [-0.3, -0.25) is 4.79 Å². The molecule has 1 saturated heterocycles. The Morgan fingerprint density at radius 3 is 2.75 bits per heavy atom. The summed E-state index contributed by atoms with van der Waals surface area (Å²) < 4.78 is 6.89. The molecule has 1 aromatic carbocycles. The highest BCUT2D eigenvalue weighted by Crippen LogP contribution is 2.32. The fraction of sp³-hybridized carbons (Fsp3) is 0.200. The van der Waals surface area contributed by atoms with Gasteiger partial charge in [0.05, 0.1) is 29.4 Å². The van der Waals surface area contributed by atoms with E-state index in [9.17, 15) is 4.79 Å². The minimum absolute atomic E-state index is 0.0873. The highest BCUT2D eigenvalue weighted by Gasteiger charge is 2.32. The van der Waals surface area contributed by atoms with Crippen LogP contribution in [0.5, 0.6) is 5.75 Å².